The molecule has 0 N–H and O–H groups in total. The molecule has 2 heterocycles. The van der Waals surface area contributed by atoms with E-state index < -0.39 is 10.9 Å². The molecule has 0 amide bonds. The van der Waals surface area contributed by atoms with Crippen LogP contribution in [0.3, 0.4) is 0 Å². The topological polar surface area (TPSA) is 100 Å². The van der Waals surface area contributed by atoms with Gasteiger partial charge in [0.1, 0.15) is 19.3 Å². The number of esters is 1. The van der Waals surface area contributed by atoms with E-state index in [1.165, 1.54) is 17.0 Å². The number of ether oxygens (including phenoxy) is 1. The maximum absolute atomic E-state index is 11.7. The highest BCUT2D eigenvalue weighted by Crippen LogP contribution is 2.13. The molecule has 0 spiro atoms. The number of aryl methyl sites for hydroxylation is 1. The van der Waals surface area contributed by atoms with Crippen molar-refractivity contribution < 1.29 is 14.5 Å². The molecule has 0 unspecified atom stereocenters. The predicted molar refractivity (Wildman–Crippen MR) is 68.1 cm³/mol. The van der Waals surface area contributed by atoms with E-state index >= 15 is 0 Å². The summed E-state index contributed by atoms with van der Waals surface area (Å²) in [5.41, 5.74) is 0.337. The Morgan fingerprint density at radius 1 is 1.50 bits per heavy atom. The quantitative estimate of drug-likeness (QED) is 0.464. The van der Waals surface area contributed by atoms with Gasteiger partial charge in [0.25, 0.3) is 0 Å². The van der Waals surface area contributed by atoms with E-state index in [1.54, 1.807) is 25.3 Å². The second kappa shape index (κ2) is 5.91. The summed E-state index contributed by atoms with van der Waals surface area (Å²) in [6.45, 7) is 1.84. The van der Waals surface area contributed by atoms with Crippen LogP contribution in [0.5, 0.6) is 0 Å². The Labute approximate surface area is 114 Å². The standard InChI is InChI=1S/C12H12N4O4/c1-9-14-8-11(16(18)19)15(9)5-6-20-12(17)10-3-2-4-13-7-10/h2-4,7-8H,5-6H2,1H3. The van der Waals surface area contributed by atoms with Crippen LogP contribution in [-0.4, -0.2) is 32.0 Å². The summed E-state index contributed by atoms with van der Waals surface area (Å²) in [4.78, 5) is 29.6. The summed E-state index contributed by atoms with van der Waals surface area (Å²) in [6.07, 6.45) is 4.13. The van der Waals surface area contributed by atoms with E-state index in [-0.39, 0.29) is 19.0 Å². The van der Waals surface area contributed by atoms with Crippen molar-refractivity contribution in [3.8, 4) is 0 Å². The van der Waals surface area contributed by atoms with Crippen LogP contribution >= 0.6 is 0 Å². The Hall–Kier alpha value is -2.77. The number of hydrogen-bond acceptors (Lipinski definition) is 6. The second-order valence-electron chi connectivity index (χ2n) is 3.95. The number of hydrogen-bond donors (Lipinski definition) is 0. The van der Waals surface area contributed by atoms with E-state index in [4.69, 9.17) is 4.74 Å². The first-order valence-corrected chi connectivity index (χ1v) is 5.83. The fraction of sp³-hybridized carbons (Fsp3) is 0.250. The normalized spacial score (nSPS) is 10.2. The first kappa shape index (κ1) is 13.7. The lowest BCUT2D eigenvalue weighted by atomic mass is 10.3. The molecule has 0 saturated carbocycles. The monoisotopic (exact) mass is 276 g/mol. The highest BCUT2D eigenvalue weighted by molar-refractivity contribution is 5.88. The van der Waals surface area contributed by atoms with E-state index in [2.05, 4.69) is 9.97 Å². The number of carbonyl (C=O) groups is 1. The summed E-state index contributed by atoms with van der Waals surface area (Å²) in [5.74, 6) is -0.146. The number of carbonyl (C=O) groups excluding carboxylic acids is 1. The van der Waals surface area contributed by atoms with Gasteiger partial charge in [-0.1, -0.05) is 0 Å². The zero-order valence-electron chi connectivity index (χ0n) is 10.7. The fourth-order valence-electron chi connectivity index (χ4n) is 1.67. The minimum atomic E-state index is -0.525. The Balaban J connectivity index is 1.95. The summed E-state index contributed by atoms with van der Waals surface area (Å²) in [5, 5.41) is 10.8. The molecule has 2 rings (SSSR count). The van der Waals surface area contributed by atoms with Crippen LogP contribution in [0.2, 0.25) is 0 Å². The Bertz CT molecular complexity index is 624. The van der Waals surface area contributed by atoms with Gasteiger partial charge in [0.05, 0.1) is 5.56 Å². The minimum absolute atomic E-state index is 0.0196. The van der Waals surface area contributed by atoms with Crippen LogP contribution in [0.25, 0.3) is 0 Å². The van der Waals surface area contributed by atoms with Crippen LogP contribution in [-0.2, 0) is 11.3 Å². The van der Waals surface area contributed by atoms with Crippen molar-refractivity contribution in [3.05, 3.63) is 52.2 Å². The number of imidazole rings is 1. The lowest BCUT2D eigenvalue weighted by molar-refractivity contribution is -0.392. The highest BCUT2D eigenvalue weighted by atomic mass is 16.6. The van der Waals surface area contributed by atoms with Crippen LogP contribution < -0.4 is 0 Å². The summed E-state index contributed by atoms with van der Waals surface area (Å²) in [7, 11) is 0. The van der Waals surface area contributed by atoms with Gasteiger partial charge < -0.3 is 14.9 Å². The van der Waals surface area contributed by atoms with Crippen molar-refractivity contribution in [1.29, 1.82) is 0 Å². The molecule has 0 bridgehead atoms. The molecule has 0 saturated heterocycles. The van der Waals surface area contributed by atoms with Crippen LogP contribution in [0.15, 0.2) is 30.7 Å². The lowest BCUT2D eigenvalue weighted by Crippen LogP contribution is -2.13. The van der Waals surface area contributed by atoms with Gasteiger partial charge in [-0.2, -0.15) is 0 Å². The maximum Gasteiger partial charge on any atom is 0.342 e. The zero-order chi connectivity index (χ0) is 14.5. The number of nitro groups is 1. The van der Waals surface area contributed by atoms with Crippen molar-refractivity contribution in [2.75, 3.05) is 6.61 Å². The second-order valence-corrected chi connectivity index (χ2v) is 3.95. The first-order valence-electron chi connectivity index (χ1n) is 5.83. The molecule has 0 atom stereocenters. The largest absolute Gasteiger partial charge is 0.458 e. The number of aromatic nitrogens is 3. The van der Waals surface area contributed by atoms with Crippen LogP contribution in [0.4, 0.5) is 5.82 Å². The molecule has 0 aliphatic carbocycles. The van der Waals surface area contributed by atoms with Gasteiger partial charge in [-0.05, 0) is 17.1 Å². The molecule has 8 nitrogen and oxygen atoms in total. The molecule has 8 heteroatoms. The van der Waals surface area contributed by atoms with E-state index in [0.717, 1.165) is 0 Å². The molecule has 0 fully saturated rings. The molecule has 0 aliphatic rings. The van der Waals surface area contributed by atoms with Crippen molar-refractivity contribution >= 4 is 11.8 Å². The Morgan fingerprint density at radius 3 is 2.95 bits per heavy atom. The van der Waals surface area contributed by atoms with Gasteiger partial charge in [0.2, 0.25) is 0 Å². The third-order valence-corrected chi connectivity index (χ3v) is 2.67. The molecule has 2 aromatic heterocycles. The Kier molecular flexibility index (Phi) is 4.04. The van der Waals surface area contributed by atoms with Gasteiger partial charge >= 0.3 is 11.8 Å². The maximum atomic E-state index is 11.7. The van der Waals surface area contributed by atoms with Gasteiger partial charge in [0.15, 0.2) is 5.82 Å². The molecule has 2 aromatic rings. The van der Waals surface area contributed by atoms with Gasteiger partial charge in [0, 0.05) is 19.3 Å². The third kappa shape index (κ3) is 2.97. The number of rotatable bonds is 5. The third-order valence-electron chi connectivity index (χ3n) is 2.67. The smallest absolute Gasteiger partial charge is 0.342 e. The lowest BCUT2D eigenvalue weighted by Gasteiger charge is -2.05. The Morgan fingerprint density at radius 2 is 2.30 bits per heavy atom. The van der Waals surface area contributed by atoms with Gasteiger partial charge in [-0.15, -0.1) is 0 Å². The van der Waals surface area contributed by atoms with E-state index in [1.807, 2.05) is 0 Å². The summed E-state index contributed by atoms with van der Waals surface area (Å²) < 4.78 is 6.43. The summed E-state index contributed by atoms with van der Waals surface area (Å²) >= 11 is 0. The molecule has 0 aromatic carbocycles. The fourth-order valence-corrected chi connectivity index (χ4v) is 1.67. The highest BCUT2D eigenvalue weighted by Gasteiger charge is 2.17. The molecular weight excluding hydrogens is 264 g/mol. The molecule has 104 valence electrons. The summed E-state index contributed by atoms with van der Waals surface area (Å²) in [6, 6.07) is 3.21. The average molecular weight is 276 g/mol. The van der Waals surface area contributed by atoms with Gasteiger partial charge in [-0.3, -0.25) is 4.98 Å². The predicted octanol–water partition coefficient (Wildman–Crippen LogP) is 1.35. The van der Waals surface area contributed by atoms with Crippen molar-refractivity contribution in [2.45, 2.75) is 13.5 Å². The van der Waals surface area contributed by atoms with Crippen LogP contribution in [0, 0.1) is 17.0 Å². The minimum Gasteiger partial charge on any atom is -0.458 e. The van der Waals surface area contributed by atoms with Crippen molar-refractivity contribution in [1.82, 2.24) is 14.5 Å². The average Bonchev–Trinajstić information content (AvgIpc) is 2.81. The molecule has 0 radical (unpaired) electrons. The molecular formula is C12H12N4O4. The van der Waals surface area contributed by atoms with Crippen LogP contribution in [0.1, 0.15) is 16.2 Å². The number of pyridine rings is 1. The SMILES string of the molecule is Cc1ncc([N+](=O)[O-])n1CCOC(=O)c1cccnc1. The van der Waals surface area contributed by atoms with Gasteiger partial charge in [-0.25, -0.2) is 14.3 Å². The van der Waals surface area contributed by atoms with Crippen molar-refractivity contribution in [3.63, 3.8) is 0 Å². The van der Waals surface area contributed by atoms with E-state index in [0.29, 0.717) is 11.4 Å². The number of nitrogens with zero attached hydrogens (tertiary/aromatic N) is 4. The molecule has 0 aliphatic heterocycles. The van der Waals surface area contributed by atoms with Crippen molar-refractivity contribution in [2.24, 2.45) is 0 Å². The molecule has 20 heavy (non-hydrogen) atoms. The first-order chi connectivity index (χ1) is 9.59. The zero-order valence-corrected chi connectivity index (χ0v) is 10.7. The van der Waals surface area contributed by atoms with E-state index in [9.17, 15) is 14.9 Å².